The van der Waals surface area contributed by atoms with Gasteiger partial charge >= 0.3 is 0 Å². The number of nitrogens with zero attached hydrogens (tertiary/aromatic N) is 1. The first-order chi connectivity index (χ1) is 8.66. The molecule has 0 amide bonds. The van der Waals surface area contributed by atoms with Crippen molar-refractivity contribution >= 4 is 0 Å². The molecule has 0 aromatic heterocycles. The van der Waals surface area contributed by atoms with Crippen LogP contribution < -0.4 is 5.32 Å². The number of piperidine rings is 1. The first-order valence-electron chi connectivity index (χ1n) is 6.49. The van der Waals surface area contributed by atoms with Crippen LogP contribution in [0.25, 0.3) is 0 Å². The van der Waals surface area contributed by atoms with Crippen LogP contribution in [0.2, 0.25) is 0 Å². The first-order valence-corrected chi connectivity index (χ1v) is 6.49. The molecule has 1 fully saturated rings. The molecule has 1 aliphatic rings. The third-order valence-corrected chi connectivity index (χ3v) is 3.52. The lowest BCUT2D eigenvalue weighted by Crippen LogP contribution is -2.34. The summed E-state index contributed by atoms with van der Waals surface area (Å²) in [4.78, 5) is 2.01. The monoisotopic (exact) mass is 254 g/mol. The van der Waals surface area contributed by atoms with Crippen molar-refractivity contribution in [3.05, 3.63) is 35.4 Å². The van der Waals surface area contributed by atoms with E-state index in [4.69, 9.17) is 0 Å². The highest BCUT2D eigenvalue weighted by Gasteiger charge is 2.17. The maximum atomic E-state index is 13.5. The molecule has 1 aliphatic heterocycles. The van der Waals surface area contributed by atoms with E-state index in [1.165, 1.54) is 18.2 Å². The molecular weight excluding hydrogens is 234 g/mol. The predicted octanol–water partition coefficient (Wildman–Crippen LogP) is 2.40. The van der Waals surface area contributed by atoms with Crippen molar-refractivity contribution in [2.24, 2.45) is 5.92 Å². The molecular formula is C14H20F2N2. The summed E-state index contributed by atoms with van der Waals surface area (Å²) in [5.41, 5.74) is 0.175. The lowest BCUT2D eigenvalue weighted by molar-refractivity contribution is 0.230. The van der Waals surface area contributed by atoms with Crippen molar-refractivity contribution in [3.8, 4) is 0 Å². The molecule has 18 heavy (non-hydrogen) atoms. The Morgan fingerprint density at radius 3 is 2.44 bits per heavy atom. The number of hydrogen-bond donors (Lipinski definition) is 1. The summed E-state index contributed by atoms with van der Waals surface area (Å²) >= 11 is 0. The molecule has 0 bridgehead atoms. The Balaban J connectivity index is 1.92. The lowest BCUT2D eigenvalue weighted by Gasteiger charge is -2.27. The van der Waals surface area contributed by atoms with E-state index in [0.29, 0.717) is 12.5 Å². The quantitative estimate of drug-likeness (QED) is 0.887. The van der Waals surface area contributed by atoms with E-state index in [0.717, 1.165) is 32.5 Å². The van der Waals surface area contributed by atoms with E-state index in [-0.39, 0.29) is 5.56 Å². The second-order valence-electron chi connectivity index (χ2n) is 5.09. The maximum absolute atomic E-state index is 13.5. The molecule has 1 aromatic rings. The molecule has 0 saturated carbocycles. The van der Waals surface area contributed by atoms with E-state index >= 15 is 0 Å². The summed E-state index contributed by atoms with van der Waals surface area (Å²) in [5.74, 6) is -0.273. The Kier molecular flexibility index (Phi) is 4.66. The van der Waals surface area contributed by atoms with Gasteiger partial charge in [-0.2, -0.15) is 0 Å². The topological polar surface area (TPSA) is 15.3 Å². The number of benzene rings is 1. The Morgan fingerprint density at radius 2 is 1.83 bits per heavy atom. The van der Waals surface area contributed by atoms with Crippen molar-refractivity contribution in [3.63, 3.8) is 0 Å². The van der Waals surface area contributed by atoms with Crippen molar-refractivity contribution in [2.45, 2.75) is 19.4 Å². The van der Waals surface area contributed by atoms with E-state index in [1.807, 2.05) is 11.9 Å². The Labute approximate surface area is 107 Å². The van der Waals surface area contributed by atoms with Crippen LogP contribution in [0, 0.1) is 17.6 Å². The smallest absolute Gasteiger partial charge is 0.130 e. The van der Waals surface area contributed by atoms with Gasteiger partial charge in [-0.1, -0.05) is 6.07 Å². The third kappa shape index (κ3) is 3.50. The molecule has 0 atom stereocenters. The largest absolute Gasteiger partial charge is 0.317 e. The van der Waals surface area contributed by atoms with Crippen LogP contribution in [0.5, 0.6) is 0 Å². The van der Waals surface area contributed by atoms with Gasteiger partial charge in [-0.15, -0.1) is 0 Å². The van der Waals surface area contributed by atoms with Gasteiger partial charge in [0.05, 0.1) is 0 Å². The summed E-state index contributed by atoms with van der Waals surface area (Å²) in [6.45, 7) is 3.33. The molecule has 4 heteroatoms. The zero-order chi connectivity index (χ0) is 13.0. The van der Waals surface area contributed by atoms with Crippen LogP contribution in [0.1, 0.15) is 18.4 Å². The van der Waals surface area contributed by atoms with Crippen LogP contribution in [0.4, 0.5) is 8.78 Å². The summed E-state index contributed by atoms with van der Waals surface area (Å²) < 4.78 is 27.0. The lowest BCUT2D eigenvalue weighted by atomic mass is 9.97. The van der Waals surface area contributed by atoms with E-state index in [2.05, 4.69) is 5.32 Å². The molecule has 0 aliphatic carbocycles. The molecule has 0 radical (unpaired) electrons. The minimum absolute atomic E-state index is 0.175. The van der Waals surface area contributed by atoms with Crippen molar-refractivity contribution < 1.29 is 8.78 Å². The van der Waals surface area contributed by atoms with Gasteiger partial charge in [-0.25, -0.2) is 8.78 Å². The predicted molar refractivity (Wildman–Crippen MR) is 68.3 cm³/mol. The van der Waals surface area contributed by atoms with Crippen LogP contribution in [-0.4, -0.2) is 31.6 Å². The summed E-state index contributed by atoms with van der Waals surface area (Å²) in [5, 5.41) is 3.32. The number of nitrogens with one attached hydrogen (secondary N) is 1. The van der Waals surface area contributed by atoms with Gasteiger partial charge in [-0.05, 0) is 51.0 Å². The molecule has 2 rings (SSSR count). The molecule has 1 saturated heterocycles. The zero-order valence-electron chi connectivity index (χ0n) is 10.8. The Bertz CT molecular complexity index is 369. The molecule has 0 unspecified atom stereocenters. The average molecular weight is 254 g/mol. The highest BCUT2D eigenvalue weighted by molar-refractivity contribution is 5.19. The SMILES string of the molecule is CN(Cc1c(F)cccc1F)CC1CCNCC1. The number of hydrogen-bond acceptors (Lipinski definition) is 2. The summed E-state index contributed by atoms with van der Waals surface area (Å²) in [6, 6.07) is 4.04. The van der Waals surface area contributed by atoms with Gasteiger partial charge in [0.1, 0.15) is 11.6 Å². The van der Waals surface area contributed by atoms with Crippen molar-refractivity contribution in [2.75, 3.05) is 26.7 Å². The van der Waals surface area contributed by atoms with Gasteiger partial charge in [0, 0.05) is 18.7 Å². The fourth-order valence-corrected chi connectivity index (χ4v) is 2.52. The van der Waals surface area contributed by atoms with E-state index < -0.39 is 11.6 Å². The van der Waals surface area contributed by atoms with Crippen LogP contribution >= 0.6 is 0 Å². The summed E-state index contributed by atoms with van der Waals surface area (Å²) in [7, 11) is 1.92. The molecule has 1 N–H and O–H groups in total. The van der Waals surface area contributed by atoms with Gasteiger partial charge < -0.3 is 10.2 Å². The fourth-order valence-electron chi connectivity index (χ4n) is 2.52. The van der Waals surface area contributed by atoms with Gasteiger partial charge in [0.15, 0.2) is 0 Å². The second kappa shape index (κ2) is 6.25. The zero-order valence-corrected chi connectivity index (χ0v) is 10.8. The van der Waals surface area contributed by atoms with Crippen LogP contribution in [-0.2, 0) is 6.54 Å². The van der Waals surface area contributed by atoms with Crippen LogP contribution in [0.3, 0.4) is 0 Å². The molecule has 0 spiro atoms. The molecule has 1 aromatic carbocycles. The van der Waals surface area contributed by atoms with E-state index in [1.54, 1.807) is 0 Å². The normalized spacial score (nSPS) is 17.3. The van der Waals surface area contributed by atoms with Gasteiger partial charge in [-0.3, -0.25) is 0 Å². The highest BCUT2D eigenvalue weighted by Crippen LogP contribution is 2.17. The number of rotatable bonds is 4. The molecule has 2 nitrogen and oxygen atoms in total. The standard InChI is InChI=1S/C14H20F2N2/c1-18(9-11-5-7-17-8-6-11)10-12-13(15)3-2-4-14(12)16/h2-4,11,17H,5-10H2,1H3. The minimum Gasteiger partial charge on any atom is -0.317 e. The first kappa shape index (κ1) is 13.4. The third-order valence-electron chi connectivity index (χ3n) is 3.52. The van der Waals surface area contributed by atoms with Crippen LogP contribution in [0.15, 0.2) is 18.2 Å². The second-order valence-corrected chi connectivity index (χ2v) is 5.09. The minimum atomic E-state index is -0.452. The van der Waals surface area contributed by atoms with E-state index in [9.17, 15) is 8.78 Å². The molecule has 100 valence electrons. The van der Waals surface area contributed by atoms with Crippen molar-refractivity contribution in [1.82, 2.24) is 10.2 Å². The molecule has 1 heterocycles. The summed E-state index contributed by atoms with van der Waals surface area (Å²) in [6.07, 6.45) is 2.29. The average Bonchev–Trinajstić information content (AvgIpc) is 2.35. The maximum Gasteiger partial charge on any atom is 0.130 e. The Hall–Kier alpha value is -1.00. The highest BCUT2D eigenvalue weighted by atomic mass is 19.1. The number of halogens is 2. The fraction of sp³-hybridized carbons (Fsp3) is 0.571. The van der Waals surface area contributed by atoms with Gasteiger partial charge in [0.25, 0.3) is 0 Å². The Morgan fingerprint density at radius 1 is 1.22 bits per heavy atom. The van der Waals surface area contributed by atoms with Gasteiger partial charge in [0.2, 0.25) is 0 Å². The van der Waals surface area contributed by atoms with Crippen molar-refractivity contribution in [1.29, 1.82) is 0 Å².